The van der Waals surface area contributed by atoms with Gasteiger partial charge in [0.05, 0.1) is 25.4 Å². The van der Waals surface area contributed by atoms with Gasteiger partial charge in [-0.25, -0.2) is 0 Å². The third-order valence-electron chi connectivity index (χ3n) is 6.68. The van der Waals surface area contributed by atoms with E-state index in [1.54, 1.807) is 34.5 Å². The Morgan fingerprint density at radius 3 is 2.48 bits per heavy atom. The normalized spacial score (nSPS) is 22.5. The van der Waals surface area contributed by atoms with Crippen LogP contribution >= 0.6 is 0 Å². The van der Waals surface area contributed by atoms with Gasteiger partial charge in [0.2, 0.25) is 0 Å². The van der Waals surface area contributed by atoms with Crippen molar-refractivity contribution in [2.75, 3.05) is 55.2 Å². The molecule has 10 heteroatoms. The topological polar surface area (TPSA) is 108 Å². The average molecular weight is 601 g/mol. The van der Waals surface area contributed by atoms with Crippen LogP contribution in [0.15, 0.2) is 37.5 Å². The first-order valence-electron chi connectivity index (χ1n) is 14.8. The zero-order valence-electron chi connectivity index (χ0n) is 26.8. The Hall–Kier alpha value is -2.08. The molecule has 0 unspecified atom stereocenters. The van der Waals surface area contributed by atoms with Gasteiger partial charge in [0.25, 0.3) is 0 Å². The maximum absolute atomic E-state index is 11.7. The third kappa shape index (κ3) is 18.5. The number of rotatable bonds is 18. The molecule has 1 aliphatic rings. The molecule has 10 nitrogen and oxygen atoms in total. The first-order chi connectivity index (χ1) is 20.3. The number of allylic oxidation sites excluding steroid dienone is 2. The van der Waals surface area contributed by atoms with Crippen LogP contribution in [0.25, 0.3) is 0 Å². The van der Waals surface area contributed by atoms with E-state index in [-0.39, 0.29) is 68.4 Å². The Morgan fingerprint density at radius 1 is 1.12 bits per heavy atom. The lowest BCUT2D eigenvalue weighted by Crippen LogP contribution is -2.38. The van der Waals surface area contributed by atoms with Crippen LogP contribution in [-0.2, 0) is 47.5 Å². The Bertz CT molecular complexity index is 741. The van der Waals surface area contributed by atoms with E-state index >= 15 is 0 Å². The molecular formula is C32H56O10. The van der Waals surface area contributed by atoms with Crippen LogP contribution < -0.4 is 0 Å². The van der Waals surface area contributed by atoms with Gasteiger partial charge in [-0.05, 0) is 38.5 Å². The van der Waals surface area contributed by atoms with Crippen molar-refractivity contribution >= 4 is 11.9 Å². The van der Waals surface area contributed by atoms with E-state index < -0.39 is 0 Å². The lowest BCUT2D eigenvalue weighted by Gasteiger charge is -2.29. The van der Waals surface area contributed by atoms with Crippen LogP contribution in [0.3, 0.4) is 0 Å². The molecule has 42 heavy (non-hydrogen) atoms. The number of esters is 2. The number of methoxy groups -OCH3 is 4. The van der Waals surface area contributed by atoms with Crippen molar-refractivity contribution in [2.45, 2.75) is 89.6 Å². The molecule has 0 aromatic heterocycles. The maximum atomic E-state index is 11.7. The van der Waals surface area contributed by atoms with Gasteiger partial charge in [-0.2, -0.15) is 0 Å². The Balaban J connectivity index is 0.000000803. The first-order valence-corrected chi connectivity index (χ1v) is 14.8. The molecule has 0 N–H and O–H groups in total. The molecule has 0 fully saturated rings. The summed E-state index contributed by atoms with van der Waals surface area (Å²) in [5.74, 6) is -0.326. The van der Waals surface area contributed by atoms with E-state index in [0.717, 1.165) is 38.5 Å². The van der Waals surface area contributed by atoms with E-state index in [1.165, 1.54) is 0 Å². The molecule has 0 radical (unpaired) electrons. The Kier molecular flexibility index (Phi) is 25.2. The van der Waals surface area contributed by atoms with E-state index in [4.69, 9.17) is 37.9 Å². The highest BCUT2D eigenvalue weighted by molar-refractivity contribution is 5.69. The third-order valence-corrected chi connectivity index (χ3v) is 6.68. The average Bonchev–Trinajstić information content (AvgIpc) is 2.99. The number of hydrogen-bond donors (Lipinski definition) is 0. The summed E-state index contributed by atoms with van der Waals surface area (Å²) in [5, 5.41) is 0. The minimum absolute atomic E-state index is 0.0307. The fourth-order valence-corrected chi connectivity index (χ4v) is 4.25. The summed E-state index contributed by atoms with van der Waals surface area (Å²) in [7, 11) is 6.38. The highest BCUT2D eigenvalue weighted by Gasteiger charge is 2.28. The van der Waals surface area contributed by atoms with Crippen molar-refractivity contribution in [3.8, 4) is 0 Å². The monoisotopic (exact) mass is 600 g/mol. The molecule has 0 spiro atoms. The minimum atomic E-state index is -0.281. The van der Waals surface area contributed by atoms with Gasteiger partial charge in [-0.1, -0.05) is 38.2 Å². The molecule has 244 valence electrons. The zero-order valence-corrected chi connectivity index (χ0v) is 26.8. The summed E-state index contributed by atoms with van der Waals surface area (Å²) in [4.78, 5) is 23.3. The molecule has 0 saturated heterocycles. The highest BCUT2D eigenvalue weighted by Crippen LogP contribution is 2.19. The van der Waals surface area contributed by atoms with Crippen molar-refractivity contribution in [3.63, 3.8) is 0 Å². The van der Waals surface area contributed by atoms with Crippen molar-refractivity contribution in [1.82, 2.24) is 0 Å². The first kappa shape index (κ1) is 39.9. The molecule has 0 aromatic rings. The predicted octanol–water partition coefficient (Wildman–Crippen LogP) is 5.40. The van der Waals surface area contributed by atoms with E-state index in [2.05, 4.69) is 19.2 Å². The minimum Gasteiger partial charge on any atom is -0.465 e. The van der Waals surface area contributed by atoms with Gasteiger partial charge in [0.1, 0.15) is 25.8 Å². The van der Waals surface area contributed by atoms with Gasteiger partial charge in [-0.3, -0.25) is 9.59 Å². The van der Waals surface area contributed by atoms with Crippen LogP contribution in [0.1, 0.15) is 65.2 Å². The predicted molar refractivity (Wildman–Crippen MR) is 162 cm³/mol. The van der Waals surface area contributed by atoms with Crippen molar-refractivity contribution < 1.29 is 47.5 Å². The SMILES string of the molecule is C=CCCCCC(=O)OC[C@@H](C)[C@H](OCOC)[C@H](C=C)OC.COCO[C@H]1[C@H](C)COC(=O)CCCC/C=C/[C@@H]1OC. The maximum Gasteiger partial charge on any atom is 0.305 e. The van der Waals surface area contributed by atoms with Gasteiger partial charge in [0.15, 0.2) is 0 Å². The van der Waals surface area contributed by atoms with Crippen molar-refractivity contribution in [3.05, 3.63) is 37.5 Å². The van der Waals surface area contributed by atoms with Gasteiger partial charge in [-0.15, -0.1) is 13.2 Å². The number of cyclic esters (lactones) is 1. The van der Waals surface area contributed by atoms with Crippen LogP contribution in [0.2, 0.25) is 0 Å². The second kappa shape index (κ2) is 26.5. The molecule has 0 saturated carbocycles. The Labute approximate surface area is 253 Å². The lowest BCUT2D eigenvalue weighted by atomic mass is 9.99. The standard InChI is InChI=1S/C17H30O5.C15H26O5/c1-6-8-9-10-11-16(18)21-12-14(3)17(22-13-19-4)15(7-2)20-5;1-12-10-19-14(16)9-7-5-4-6-8-13(18-3)15(12)20-11-17-2/h6-7,14-15,17H,1-2,8-13H2,3-5H3;6,8,12-13,15H,4-5,7,9-11H2,1-3H3/b;8-6+/t14-,15+,17+;12-,13+,15+/m11/s1. The van der Waals surface area contributed by atoms with Crippen molar-refractivity contribution in [1.29, 1.82) is 0 Å². The largest absolute Gasteiger partial charge is 0.465 e. The molecule has 6 atom stereocenters. The molecular weight excluding hydrogens is 544 g/mol. The quantitative estimate of drug-likeness (QED) is 0.0878. The summed E-state index contributed by atoms with van der Waals surface area (Å²) in [6.45, 7) is 12.3. The molecule has 0 aromatic carbocycles. The smallest absolute Gasteiger partial charge is 0.305 e. The number of unbranched alkanes of at least 4 members (excludes halogenated alkanes) is 2. The fraction of sp³-hybridized carbons (Fsp3) is 0.750. The second-order valence-electron chi connectivity index (χ2n) is 10.2. The van der Waals surface area contributed by atoms with Crippen LogP contribution in [0, 0.1) is 11.8 Å². The highest BCUT2D eigenvalue weighted by atomic mass is 16.7. The molecule has 1 rings (SSSR count). The second-order valence-corrected chi connectivity index (χ2v) is 10.2. The Morgan fingerprint density at radius 2 is 1.86 bits per heavy atom. The van der Waals surface area contributed by atoms with E-state index in [9.17, 15) is 9.59 Å². The van der Waals surface area contributed by atoms with Gasteiger partial charge >= 0.3 is 11.9 Å². The van der Waals surface area contributed by atoms with Gasteiger partial charge < -0.3 is 37.9 Å². The number of hydrogen-bond acceptors (Lipinski definition) is 10. The lowest BCUT2D eigenvalue weighted by molar-refractivity contribution is -0.155. The molecule has 1 heterocycles. The molecule has 0 aliphatic carbocycles. The number of carbonyl (C=O) groups is 2. The summed E-state index contributed by atoms with van der Waals surface area (Å²) in [5.41, 5.74) is 0. The van der Waals surface area contributed by atoms with E-state index in [1.807, 2.05) is 26.0 Å². The molecule has 1 aliphatic heterocycles. The number of carbonyl (C=O) groups excluding carboxylic acids is 2. The molecule has 0 bridgehead atoms. The van der Waals surface area contributed by atoms with Crippen LogP contribution in [0.4, 0.5) is 0 Å². The zero-order chi connectivity index (χ0) is 31.6. The molecule has 0 amide bonds. The fourth-order valence-electron chi connectivity index (χ4n) is 4.25. The van der Waals surface area contributed by atoms with Gasteiger partial charge in [0, 0.05) is 53.1 Å². The number of ether oxygens (including phenoxy) is 8. The summed E-state index contributed by atoms with van der Waals surface area (Å²) >= 11 is 0. The van der Waals surface area contributed by atoms with Crippen LogP contribution in [0.5, 0.6) is 0 Å². The summed E-state index contributed by atoms with van der Waals surface area (Å²) in [6, 6.07) is 0. The van der Waals surface area contributed by atoms with Crippen molar-refractivity contribution in [2.24, 2.45) is 11.8 Å². The summed E-state index contributed by atoms with van der Waals surface area (Å²) < 4.78 is 42.6. The van der Waals surface area contributed by atoms with Crippen LogP contribution in [-0.4, -0.2) is 91.6 Å². The van der Waals surface area contributed by atoms with E-state index in [0.29, 0.717) is 19.4 Å². The summed E-state index contributed by atoms with van der Waals surface area (Å²) in [6.07, 6.45) is 13.1.